The third-order valence-corrected chi connectivity index (χ3v) is 4.85. The molecule has 1 aromatic heterocycles. The molecule has 17 heavy (non-hydrogen) atoms. The van der Waals surface area contributed by atoms with Crippen LogP contribution in [0.25, 0.3) is 0 Å². The third kappa shape index (κ3) is 1.43. The molecule has 0 saturated heterocycles. The van der Waals surface area contributed by atoms with E-state index in [1.54, 1.807) is 12.5 Å². The predicted octanol–water partition coefficient (Wildman–Crippen LogP) is 3.48. The Kier molecular flexibility index (Phi) is 2.13. The molecule has 1 N–H and O–H groups in total. The van der Waals surface area contributed by atoms with E-state index in [9.17, 15) is 5.11 Å². The van der Waals surface area contributed by atoms with Crippen LogP contribution in [0, 0.1) is 17.3 Å². The van der Waals surface area contributed by atoms with Crippen molar-refractivity contribution in [1.29, 1.82) is 0 Å². The number of rotatable bonds is 1. The van der Waals surface area contributed by atoms with Gasteiger partial charge in [0.25, 0.3) is 0 Å². The van der Waals surface area contributed by atoms with Gasteiger partial charge in [0.05, 0.1) is 18.1 Å². The molecular weight excluding hydrogens is 212 g/mol. The van der Waals surface area contributed by atoms with Gasteiger partial charge in [-0.3, -0.25) is 0 Å². The Hall–Kier alpha value is -1.02. The first kappa shape index (κ1) is 11.1. The van der Waals surface area contributed by atoms with E-state index in [1.165, 1.54) is 5.57 Å². The SMILES string of the molecule is CC1=C[C@@H]2CC(C)(C)[C@H]1C[C@@]2(O)c1ccoc1. The second-order valence-corrected chi connectivity index (χ2v) is 6.40. The van der Waals surface area contributed by atoms with Crippen molar-refractivity contribution in [3.05, 3.63) is 35.8 Å². The molecule has 1 fully saturated rings. The van der Waals surface area contributed by atoms with E-state index in [0.29, 0.717) is 11.3 Å². The van der Waals surface area contributed by atoms with Crippen LogP contribution < -0.4 is 0 Å². The van der Waals surface area contributed by atoms with E-state index in [0.717, 1.165) is 18.4 Å². The van der Waals surface area contributed by atoms with E-state index >= 15 is 0 Å². The highest BCUT2D eigenvalue weighted by Gasteiger charge is 2.53. The molecule has 2 nitrogen and oxygen atoms in total. The summed E-state index contributed by atoms with van der Waals surface area (Å²) in [4.78, 5) is 0. The number of hydrogen-bond acceptors (Lipinski definition) is 2. The van der Waals surface area contributed by atoms with Gasteiger partial charge >= 0.3 is 0 Å². The van der Waals surface area contributed by atoms with Gasteiger partial charge < -0.3 is 9.52 Å². The van der Waals surface area contributed by atoms with Crippen LogP contribution >= 0.6 is 0 Å². The molecule has 1 aromatic rings. The van der Waals surface area contributed by atoms with E-state index in [4.69, 9.17) is 4.42 Å². The standard InChI is InChI=1S/C15H20O2/c1-10-6-12-7-14(2,3)13(10)8-15(12,16)11-4-5-17-9-11/h4-6,9,12-13,16H,7-8H2,1-3H3/t12-,13+,15-/m1/s1. The Morgan fingerprint density at radius 1 is 1.35 bits per heavy atom. The zero-order valence-electron chi connectivity index (χ0n) is 10.7. The van der Waals surface area contributed by atoms with E-state index in [1.807, 2.05) is 6.07 Å². The molecule has 0 aliphatic heterocycles. The van der Waals surface area contributed by atoms with Crippen molar-refractivity contribution >= 4 is 0 Å². The van der Waals surface area contributed by atoms with Crippen LogP contribution in [0.2, 0.25) is 0 Å². The van der Waals surface area contributed by atoms with Gasteiger partial charge in [-0.25, -0.2) is 0 Å². The van der Waals surface area contributed by atoms with Crippen LogP contribution in [0.3, 0.4) is 0 Å². The average molecular weight is 232 g/mol. The van der Waals surface area contributed by atoms with E-state index < -0.39 is 5.60 Å². The minimum Gasteiger partial charge on any atom is -0.472 e. The van der Waals surface area contributed by atoms with Gasteiger partial charge in [0, 0.05) is 11.5 Å². The quantitative estimate of drug-likeness (QED) is 0.752. The molecule has 0 unspecified atom stereocenters. The maximum absolute atomic E-state index is 11.0. The van der Waals surface area contributed by atoms with Gasteiger partial charge in [-0.05, 0) is 37.2 Å². The van der Waals surface area contributed by atoms with Crippen LogP contribution in [0.15, 0.2) is 34.7 Å². The van der Waals surface area contributed by atoms with Gasteiger partial charge in [-0.15, -0.1) is 0 Å². The predicted molar refractivity (Wildman–Crippen MR) is 66.4 cm³/mol. The number of aliphatic hydroxyl groups is 1. The number of allylic oxidation sites excluding steroid dienone is 1. The smallest absolute Gasteiger partial charge is 0.0995 e. The normalized spacial score (nSPS) is 39.2. The number of furan rings is 1. The minimum atomic E-state index is -0.716. The summed E-state index contributed by atoms with van der Waals surface area (Å²) in [7, 11) is 0. The molecule has 2 heteroatoms. The summed E-state index contributed by atoms with van der Waals surface area (Å²) in [6.45, 7) is 6.83. The monoisotopic (exact) mass is 232 g/mol. The Morgan fingerprint density at radius 3 is 2.65 bits per heavy atom. The van der Waals surface area contributed by atoms with Crippen LogP contribution in [0.1, 0.15) is 39.2 Å². The molecule has 3 aliphatic carbocycles. The topological polar surface area (TPSA) is 33.4 Å². The minimum absolute atomic E-state index is 0.222. The van der Waals surface area contributed by atoms with E-state index in [2.05, 4.69) is 26.8 Å². The molecule has 0 spiro atoms. The van der Waals surface area contributed by atoms with Crippen molar-refractivity contribution in [2.24, 2.45) is 17.3 Å². The molecule has 0 amide bonds. The molecule has 3 atom stereocenters. The summed E-state index contributed by atoms with van der Waals surface area (Å²) in [5.41, 5.74) is 1.97. The highest BCUT2D eigenvalue weighted by atomic mass is 16.3. The molecule has 1 heterocycles. The fourth-order valence-electron chi connectivity index (χ4n) is 3.87. The van der Waals surface area contributed by atoms with Crippen molar-refractivity contribution in [2.75, 3.05) is 0 Å². The Morgan fingerprint density at radius 2 is 2.12 bits per heavy atom. The molecule has 2 bridgehead atoms. The van der Waals surface area contributed by atoms with Crippen LogP contribution in [0.4, 0.5) is 0 Å². The summed E-state index contributed by atoms with van der Waals surface area (Å²) in [6.07, 6.45) is 7.49. The maximum atomic E-state index is 11.0. The molecule has 0 radical (unpaired) electrons. The summed E-state index contributed by atoms with van der Waals surface area (Å²) in [5.74, 6) is 0.701. The van der Waals surface area contributed by atoms with Crippen molar-refractivity contribution in [3.63, 3.8) is 0 Å². The van der Waals surface area contributed by atoms with Crippen LogP contribution in [-0.2, 0) is 5.60 Å². The first-order chi connectivity index (χ1) is 7.93. The molecule has 92 valence electrons. The molecule has 3 aliphatic rings. The first-order valence-corrected chi connectivity index (χ1v) is 6.37. The molecule has 0 aromatic carbocycles. The van der Waals surface area contributed by atoms with Crippen LogP contribution in [0.5, 0.6) is 0 Å². The second kappa shape index (κ2) is 3.26. The fourth-order valence-corrected chi connectivity index (χ4v) is 3.87. The zero-order chi connectivity index (χ0) is 12.3. The van der Waals surface area contributed by atoms with Gasteiger partial charge in [0.1, 0.15) is 0 Å². The number of hydrogen-bond donors (Lipinski definition) is 1. The largest absolute Gasteiger partial charge is 0.472 e. The Bertz CT molecular complexity index is 455. The van der Waals surface area contributed by atoms with Gasteiger partial charge in [0.15, 0.2) is 0 Å². The second-order valence-electron chi connectivity index (χ2n) is 6.40. The summed E-state index contributed by atoms with van der Waals surface area (Å²) < 4.78 is 5.14. The summed E-state index contributed by atoms with van der Waals surface area (Å²) >= 11 is 0. The van der Waals surface area contributed by atoms with Crippen LogP contribution in [-0.4, -0.2) is 5.11 Å². The Labute approximate surface area is 102 Å². The lowest BCUT2D eigenvalue weighted by atomic mass is 9.52. The first-order valence-electron chi connectivity index (χ1n) is 6.37. The maximum Gasteiger partial charge on any atom is 0.0995 e. The highest BCUT2D eigenvalue weighted by molar-refractivity contribution is 5.30. The lowest BCUT2D eigenvalue weighted by Gasteiger charge is -2.54. The zero-order valence-corrected chi connectivity index (χ0v) is 10.7. The third-order valence-electron chi connectivity index (χ3n) is 4.85. The van der Waals surface area contributed by atoms with Crippen molar-refractivity contribution in [3.8, 4) is 0 Å². The summed E-state index contributed by atoms with van der Waals surface area (Å²) in [5, 5.41) is 11.0. The van der Waals surface area contributed by atoms with Crippen molar-refractivity contribution in [2.45, 2.75) is 39.2 Å². The molecule has 4 rings (SSSR count). The van der Waals surface area contributed by atoms with Crippen molar-refractivity contribution in [1.82, 2.24) is 0 Å². The van der Waals surface area contributed by atoms with Gasteiger partial charge in [-0.2, -0.15) is 0 Å². The highest BCUT2D eigenvalue weighted by Crippen LogP contribution is 2.58. The number of fused-ring (bicyclic) bond motifs is 2. The van der Waals surface area contributed by atoms with Crippen molar-refractivity contribution < 1.29 is 9.52 Å². The van der Waals surface area contributed by atoms with E-state index in [-0.39, 0.29) is 5.92 Å². The molecule has 1 saturated carbocycles. The average Bonchev–Trinajstić information content (AvgIpc) is 2.74. The van der Waals surface area contributed by atoms with Gasteiger partial charge in [-0.1, -0.05) is 25.5 Å². The summed E-state index contributed by atoms with van der Waals surface area (Å²) in [6, 6.07) is 1.90. The van der Waals surface area contributed by atoms with Gasteiger partial charge in [0.2, 0.25) is 0 Å². The lowest BCUT2D eigenvalue weighted by molar-refractivity contribution is -0.0986. The Balaban J connectivity index is 2.05. The molecular formula is C15H20O2. The lowest BCUT2D eigenvalue weighted by Crippen LogP contribution is -2.50. The fraction of sp³-hybridized carbons (Fsp3) is 0.600.